The Hall–Kier alpha value is -2.74. The standard InChI is InChI=1S/C19H21F3N2O3/c1-26-17-8-6-15(7-9-17)11-24-18(25)23-10-14-2-4-16(5-3-14)12-27-13-19(20,21)22/h2-9H,10-13H2,1H3,(H2,23,24,25). The van der Waals surface area contributed by atoms with E-state index in [0.717, 1.165) is 16.9 Å². The topological polar surface area (TPSA) is 59.6 Å². The number of alkyl halides is 3. The summed E-state index contributed by atoms with van der Waals surface area (Å²) < 4.78 is 45.7. The van der Waals surface area contributed by atoms with Gasteiger partial charge in [0.1, 0.15) is 12.4 Å². The summed E-state index contributed by atoms with van der Waals surface area (Å²) in [7, 11) is 1.59. The number of hydrogen-bond donors (Lipinski definition) is 2. The van der Waals surface area contributed by atoms with Crippen LogP contribution in [0.4, 0.5) is 18.0 Å². The molecule has 0 bridgehead atoms. The summed E-state index contributed by atoms with van der Waals surface area (Å²) >= 11 is 0. The smallest absolute Gasteiger partial charge is 0.411 e. The zero-order chi connectivity index (χ0) is 19.7. The molecule has 0 radical (unpaired) electrons. The van der Waals surface area contributed by atoms with Crippen LogP contribution in [0.25, 0.3) is 0 Å². The quantitative estimate of drug-likeness (QED) is 0.731. The van der Waals surface area contributed by atoms with Crippen molar-refractivity contribution < 1.29 is 27.4 Å². The molecule has 2 aromatic rings. The van der Waals surface area contributed by atoms with Gasteiger partial charge in [0.05, 0.1) is 13.7 Å². The number of benzene rings is 2. The summed E-state index contributed by atoms with van der Waals surface area (Å²) in [5.74, 6) is 0.746. The van der Waals surface area contributed by atoms with Gasteiger partial charge in [0.25, 0.3) is 0 Å². The molecule has 0 fully saturated rings. The zero-order valence-corrected chi connectivity index (χ0v) is 14.8. The number of methoxy groups -OCH3 is 1. The molecule has 0 aliphatic rings. The molecular weight excluding hydrogens is 361 g/mol. The van der Waals surface area contributed by atoms with Gasteiger partial charge in [0.15, 0.2) is 0 Å². The normalized spacial score (nSPS) is 11.1. The van der Waals surface area contributed by atoms with Crippen molar-refractivity contribution in [2.45, 2.75) is 25.9 Å². The van der Waals surface area contributed by atoms with Gasteiger partial charge in [-0.15, -0.1) is 0 Å². The third kappa shape index (κ3) is 8.00. The van der Waals surface area contributed by atoms with Crippen LogP contribution in [-0.2, 0) is 24.4 Å². The molecule has 0 unspecified atom stereocenters. The van der Waals surface area contributed by atoms with Gasteiger partial charge >= 0.3 is 12.2 Å². The maximum atomic E-state index is 12.0. The molecule has 0 aliphatic heterocycles. The molecule has 8 heteroatoms. The number of carbonyl (C=O) groups is 1. The molecule has 0 aromatic heterocycles. The molecule has 27 heavy (non-hydrogen) atoms. The molecule has 0 heterocycles. The van der Waals surface area contributed by atoms with E-state index in [4.69, 9.17) is 4.74 Å². The van der Waals surface area contributed by atoms with E-state index in [0.29, 0.717) is 18.7 Å². The fourth-order valence-corrected chi connectivity index (χ4v) is 2.21. The lowest BCUT2D eigenvalue weighted by molar-refractivity contribution is -0.176. The Morgan fingerprint density at radius 3 is 1.85 bits per heavy atom. The first kappa shape index (κ1) is 20.6. The highest BCUT2D eigenvalue weighted by Gasteiger charge is 2.27. The molecule has 2 aromatic carbocycles. The van der Waals surface area contributed by atoms with Gasteiger partial charge in [-0.1, -0.05) is 36.4 Å². The lowest BCUT2D eigenvalue weighted by Crippen LogP contribution is -2.34. The first-order valence-corrected chi connectivity index (χ1v) is 8.22. The molecule has 2 N–H and O–H groups in total. The monoisotopic (exact) mass is 382 g/mol. The number of urea groups is 1. The Balaban J connectivity index is 1.69. The molecule has 0 saturated heterocycles. The van der Waals surface area contributed by atoms with Crippen LogP contribution in [0.3, 0.4) is 0 Å². The minimum Gasteiger partial charge on any atom is -0.497 e. The molecule has 0 aliphatic carbocycles. The third-order valence-electron chi connectivity index (χ3n) is 3.62. The Labute approximate surface area is 155 Å². The summed E-state index contributed by atoms with van der Waals surface area (Å²) in [6, 6.07) is 13.8. The Morgan fingerprint density at radius 1 is 0.889 bits per heavy atom. The summed E-state index contributed by atoms with van der Waals surface area (Å²) in [6.45, 7) is -0.705. The minimum absolute atomic E-state index is 0.116. The average Bonchev–Trinajstić information content (AvgIpc) is 2.65. The first-order chi connectivity index (χ1) is 12.9. The lowest BCUT2D eigenvalue weighted by atomic mass is 10.1. The number of nitrogens with one attached hydrogen (secondary N) is 2. The van der Waals surface area contributed by atoms with Crippen molar-refractivity contribution in [1.82, 2.24) is 10.6 Å². The summed E-state index contributed by atoms with van der Waals surface area (Å²) in [4.78, 5) is 11.8. The van der Waals surface area contributed by atoms with E-state index >= 15 is 0 Å². The maximum absolute atomic E-state index is 12.0. The van der Waals surface area contributed by atoms with E-state index in [9.17, 15) is 18.0 Å². The number of amides is 2. The molecule has 2 amide bonds. The predicted octanol–water partition coefficient (Wildman–Crippen LogP) is 3.77. The molecule has 5 nitrogen and oxygen atoms in total. The zero-order valence-electron chi connectivity index (χ0n) is 14.8. The van der Waals surface area contributed by atoms with E-state index < -0.39 is 12.8 Å². The van der Waals surface area contributed by atoms with Crippen LogP contribution in [0.5, 0.6) is 5.75 Å². The van der Waals surface area contributed by atoms with Crippen molar-refractivity contribution in [2.75, 3.05) is 13.7 Å². The van der Waals surface area contributed by atoms with E-state index in [1.807, 2.05) is 24.3 Å². The van der Waals surface area contributed by atoms with Gasteiger partial charge in [-0.2, -0.15) is 13.2 Å². The number of halogens is 3. The second kappa shape index (κ2) is 9.82. The van der Waals surface area contributed by atoms with E-state index in [1.54, 1.807) is 31.4 Å². The second-order valence-electron chi connectivity index (χ2n) is 5.81. The van der Waals surface area contributed by atoms with E-state index in [-0.39, 0.29) is 12.6 Å². The van der Waals surface area contributed by atoms with Crippen LogP contribution in [0.15, 0.2) is 48.5 Å². The molecule has 0 atom stereocenters. The maximum Gasteiger partial charge on any atom is 0.411 e. The minimum atomic E-state index is -4.33. The van der Waals surface area contributed by atoms with Crippen LogP contribution >= 0.6 is 0 Å². The van der Waals surface area contributed by atoms with Gasteiger partial charge in [0, 0.05) is 13.1 Å². The molecule has 0 spiro atoms. The van der Waals surface area contributed by atoms with Crippen molar-refractivity contribution in [3.63, 3.8) is 0 Å². The van der Waals surface area contributed by atoms with E-state index in [1.165, 1.54) is 0 Å². The van der Waals surface area contributed by atoms with Gasteiger partial charge < -0.3 is 20.1 Å². The van der Waals surface area contributed by atoms with Crippen molar-refractivity contribution in [3.05, 3.63) is 65.2 Å². The van der Waals surface area contributed by atoms with Crippen LogP contribution in [0.1, 0.15) is 16.7 Å². The summed E-state index contributed by atoms with van der Waals surface area (Å²) in [5, 5.41) is 5.46. The van der Waals surface area contributed by atoms with Crippen molar-refractivity contribution >= 4 is 6.03 Å². The van der Waals surface area contributed by atoms with Crippen LogP contribution in [-0.4, -0.2) is 25.9 Å². The second-order valence-corrected chi connectivity index (χ2v) is 5.81. The fraction of sp³-hybridized carbons (Fsp3) is 0.316. The first-order valence-electron chi connectivity index (χ1n) is 8.22. The Morgan fingerprint density at radius 2 is 1.37 bits per heavy atom. The number of hydrogen-bond acceptors (Lipinski definition) is 3. The van der Waals surface area contributed by atoms with Crippen molar-refractivity contribution in [1.29, 1.82) is 0 Å². The average molecular weight is 382 g/mol. The van der Waals surface area contributed by atoms with Crippen LogP contribution in [0, 0.1) is 0 Å². The molecule has 2 rings (SSSR count). The van der Waals surface area contributed by atoms with E-state index in [2.05, 4.69) is 15.4 Å². The Kier molecular flexibility index (Phi) is 7.48. The van der Waals surface area contributed by atoms with Crippen molar-refractivity contribution in [2.24, 2.45) is 0 Å². The lowest BCUT2D eigenvalue weighted by Gasteiger charge is -2.10. The van der Waals surface area contributed by atoms with Crippen LogP contribution < -0.4 is 15.4 Å². The van der Waals surface area contributed by atoms with Gasteiger partial charge in [-0.25, -0.2) is 4.79 Å². The fourth-order valence-electron chi connectivity index (χ4n) is 2.21. The van der Waals surface area contributed by atoms with Crippen molar-refractivity contribution in [3.8, 4) is 5.75 Å². The van der Waals surface area contributed by atoms with Gasteiger partial charge in [-0.3, -0.25) is 0 Å². The van der Waals surface area contributed by atoms with Gasteiger partial charge in [-0.05, 0) is 28.8 Å². The number of ether oxygens (including phenoxy) is 2. The highest BCUT2D eigenvalue weighted by atomic mass is 19.4. The third-order valence-corrected chi connectivity index (χ3v) is 3.62. The predicted molar refractivity (Wildman–Crippen MR) is 94.2 cm³/mol. The molecule has 0 saturated carbocycles. The van der Waals surface area contributed by atoms with Crippen LogP contribution in [0.2, 0.25) is 0 Å². The SMILES string of the molecule is COc1ccc(CNC(=O)NCc2ccc(COCC(F)(F)F)cc2)cc1. The largest absolute Gasteiger partial charge is 0.497 e. The summed E-state index contributed by atoms with van der Waals surface area (Å²) in [6.07, 6.45) is -4.33. The highest BCUT2D eigenvalue weighted by molar-refractivity contribution is 5.73. The summed E-state index contributed by atoms with van der Waals surface area (Å²) in [5.41, 5.74) is 2.40. The van der Waals surface area contributed by atoms with Gasteiger partial charge in [0.2, 0.25) is 0 Å². The number of carbonyl (C=O) groups excluding carboxylic acids is 1. The Bertz CT molecular complexity index is 716. The molecular formula is C19H21F3N2O3. The molecule has 146 valence electrons. The highest BCUT2D eigenvalue weighted by Crippen LogP contribution is 2.16. The number of rotatable bonds is 8.